The van der Waals surface area contributed by atoms with Crippen molar-refractivity contribution >= 4 is 17.4 Å². The van der Waals surface area contributed by atoms with E-state index in [1.54, 1.807) is 11.0 Å². The Hall–Kier alpha value is -3.36. The van der Waals surface area contributed by atoms with E-state index < -0.39 is 17.7 Å². The number of carbonyl (C=O) groups excluding carboxylic acids is 2. The molecule has 0 spiro atoms. The van der Waals surface area contributed by atoms with Crippen LogP contribution in [0, 0.1) is 0 Å². The van der Waals surface area contributed by atoms with Crippen molar-refractivity contribution in [2.45, 2.75) is 58.1 Å². The van der Waals surface area contributed by atoms with Gasteiger partial charge in [-0.1, -0.05) is 31.9 Å². The molecule has 0 aromatic heterocycles. The average molecular weight is 549 g/mol. The lowest BCUT2D eigenvalue weighted by Gasteiger charge is -2.29. The molecule has 2 fully saturated rings. The number of amides is 1. The Bertz CT molecular complexity index is 1250. The summed E-state index contributed by atoms with van der Waals surface area (Å²) in [5.41, 5.74) is 2.36. The standard InChI is InChI=1S/C32H40N2O6/c1-3-4-5-16-39-26-9-6-8-23(21-26)29-28(30(35)24-10-11-27-25(20-24)19-22(2)40-27)31(36)32(37)34(29)13-7-12-33-14-17-38-18-15-33/h6,8-11,20-22,29,35H,3-5,7,12-19H2,1-2H3/b30-28+/t22-,29+/m1/s1. The third kappa shape index (κ3) is 6.18. The van der Waals surface area contributed by atoms with E-state index in [4.69, 9.17) is 14.2 Å². The van der Waals surface area contributed by atoms with Crippen molar-refractivity contribution in [3.05, 3.63) is 64.7 Å². The van der Waals surface area contributed by atoms with Gasteiger partial charge in [0, 0.05) is 38.2 Å². The Morgan fingerprint density at radius 1 is 1.05 bits per heavy atom. The fraction of sp³-hybridized carbons (Fsp3) is 0.500. The highest BCUT2D eigenvalue weighted by Gasteiger charge is 2.46. The number of hydrogen-bond acceptors (Lipinski definition) is 7. The van der Waals surface area contributed by atoms with Gasteiger partial charge in [-0.25, -0.2) is 0 Å². The van der Waals surface area contributed by atoms with E-state index in [9.17, 15) is 14.7 Å². The van der Waals surface area contributed by atoms with Crippen LogP contribution in [0.15, 0.2) is 48.0 Å². The summed E-state index contributed by atoms with van der Waals surface area (Å²) in [6, 6.07) is 12.3. The van der Waals surface area contributed by atoms with Crippen molar-refractivity contribution in [2.24, 2.45) is 0 Å². The minimum absolute atomic E-state index is 0.0597. The normalized spacial score (nSPS) is 22.4. The summed E-state index contributed by atoms with van der Waals surface area (Å²) < 4.78 is 17.3. The van der Waals surface area contributed by atoms with Gasteiger partial charge in [-0.3, -0.25) is 14.5 Å². The first-order chi connectivity index (χ1) is 19.5. The first-order valence-electron chi connectivity index (χ1n) is 14.6. The lowest BCUT2D eigenvalue weighted by atomic mass is 9.94. The van der Waals surface area contributed by atoms with Gasteiger partial charge in [0.25, 0.3) is 11.7 Å². The smallest absolute Gasteiger partial charge is 0.295 e. The number of hydrogen-bond donors (Lipinski definition) is 1. The second-order valence-electron chi connectivity index (χ2n) is 10.9. The summed E-state index contributed by atoms with van der Waals surface area (Å²) >= 11 is 0. The van der Waals surface area contributed by atoms with Crippen LogP contribution in [-0.2, 0) is 20.7 Å². The van der Waals surface area contributed by atoms with Gasteiger partial charge in [0.15, 0.2) is 0 Å². The second-order valence-corrected chi connectivity index (χ2v) is 10.9. The number of ether oxygens (including phenoxy) is 3. The molecule has 0 bridgehead atoms. The Morgan fingerprint density at radius 3 is 2.67 bits per heavy atom. The van der Waals surface area contributed by atoms with Crippen LogP contribution < -0.4 is 9.47 Å². The molecule has 2 saturated heterocycles. The highest BCUT2D eigenvalue weighted by Crippen LogP contribution is 2.41. The van der Waals surface area contributed by atoms with Crippen LogP contribution in [-0.4, -0.2) is 78.7 Å². The maximum atomic E-state index is 13.5. The maximum Gasteiger partial charge on any atom is 0.295 e. The SMILES string of the molecule is CCCCCOc1cccc([C@H]2/C(=C(\O)c3ccc4c(c3)C[C@@H](C)O4)C(=O)C(=O)N2CCCN2CCOCC2)c1. The predicted octanol–water partition coefficient (Wildman–Crippen LogP) is 4.72. The largest absolute Gasteiger partial charge is 0.507 e. The van der Waals surface area contributed by atoms with Gasteiger partial charge in [0.2, 0.25) is 0 Å². The minimum atomic E-state index is -0.702. The number of carbonyl (C=O) groups is 2. The number of nitrogens with zero attached hydrogens (tertiary/aromatic N) is 2. The molecule has 1 N–H and O–H groups in total. The lowest BCUT2D eigenvalue weighted by molar-refractivity contribution is -0.140. The maximum absolute atomic E-state index is 13.5. The zero-order valence-corrected chi connectivity index (χ0v) is 23.6. The fourth-order valence-electron chi connectivity index (χ4n) is 5.79. The Balaban J connectivity index is 1.46. The van der Waals surface area contributed by atoms with Crippen molar-refractivity contribution < 1.29 is 28.9 Å². The molecule has 214 valence electrons. The first-order valence-corrected chi connectivity index (χ1v) is 14.6. The fourth-order valence-corrected chi connectivity index (χ4v) is 5.79. The van der Waals surface area contributed by atoms with Crippen molar-refractivity contribution in [3.63, 3.8) is 0 Å². The van der Waals surface area contributed by atoms with Gasteiger partial charge >= 0.3 is 0 Å². The molecule has 2 aromatic carbocycles. The van der Waals surface area contributed by atoms with E-state index in [-0.39, 0.29) is 17.4 Å². The number of benzene rings is 2. The van der Waals surface area contributed by atoms with Crippen molar-refractivity contribution in [3.8, 4) is 11.5 Å². The van der Waals surface area contributed by atoms with E-state index in [2.05, 4.69) is 11.8 Å². The number of rotatable bonds is 11. The monoisotopic (exact) mass is 548 g/mol. The summed E-state index contributed by atoms with van der Waals surface area (Å²) in [4.78, 5) is 30.9. The Morgan fingerprint density at radius 2 is 1.88 bits per heavy atom. The molecule has 2 atom stereocenters. The van der Waals surface area contributed by atoms with E-state index in [0.29, 0.717) is 44.1 Å². The molecule has 3 heterocycles. The van der Waals surface area contributed by atoms with Crippen molar-refractivity contribution in [2.75, 3.05) is 46.0 Å². The summed E-state index contributed by atoms with van der Waals surface area (Å²) in [6.07, 6.45) is 4.66. The van der Waals surface area contributed by atoms with Crippen LogP contribution in [0.25, 0.3) is 5.76 Å². The van der Waals surface area contributed by atoms with Gasteiger partial charge in [0.05, 0.1) is 31.4 Å². The van der Waals surface area contributed by atoms with Crippen molar-refractivity contribution in [1.29, 1.82) is 0 Å². The van der Waals surface area contributed by atoms with E-state index >= 15 is 0 Å². The molecule has 5 rings (SSSR count). The van der Waals surface area contributed by atoms with Crippen molar-refractivity contribution in [1.82, 2.24) is 9.80 Å². The number of morpholine rings is 1. The summed E-state index contributed by atoms with van der Waals surface area (Å²) in [6.45, 7) is 9.10. The Labute approximate surface area is 236 Å². The third-order valence-electron chi connectivity index (χ3n) is 7.88. The van der Waals surface area contributed by atoms with Crippen LogP contribution in [0.5, 0.6) is 11.5 Å². The molecule has 0 aliphatic carbocycles. The van der Waals surface area contributed by atoms with Gasteiger partial charge < -0.3 is 24.2 Å². The van der Waals surface area contributed by atoms with Crippen LogP contribution in [0.1, 0.15) is 62.3 Å². The number of aliphatic hydroxyl groups excluding tert-OH is 1. The molecule has 0 radical (unpaired) electrons. The van der Waals surface area contributed by atoms with Crippen LogP contribution in [0.2, 0.25) is 0 Å². The van der Waals surface area contributed by atoms with Crippen LogP contribution in [0.3, 0.4) is 0 Å². The van der Waals surface area contributed by atoms with Gasteiger partial charge in [-0.15, -0.1) is 0 Å². The molecule has 8 heteroatoms. The molecule has 0 unspecified atom stereocenters. The molecule has 1 amide bonds. The average Bonchev–Trinajstić information content (AvgIpc) is 3.46. The molecule has 3 aliphatic rings. The molecule has 2 aromatic rings. The molecule has 8 nitrogen and oxygen atoms in total. The van der Waals surface area contributed by atoms with E-state index in [1.807, 2.05) is 43.3 Å². The number of ketones is 1. The number of likely N-dealkylation sites (tertiary alicyclic amines) is 1. The predicted molar refractivity (Wildman–Crippen MR) is 153 cm³/mol. The highest BCUT2D eigenvalue weighted by atomic mass is 16.5. The van der Waals surface area contributed by atoms with Crippen LogP contribution >= 0.6 is 0 Å². The number of fused-ring (bicyclic) bond motifs is 1. The summed E-state index contributed by atoms with van der Waals surface area (Å²) in [5.74, 6) is 0.0816. The zero-order valence-electron chi connectivity index (χ0n) is 23.6. The molecule has 40 heavy (non-hydrogen) atoms. The molecule has 0 saturated carbocycles. The van der Waals surface area contributed by atoms with Gasteiger partial charge in [0.1, 0.15) is 23.4 Å². The Kier molecular flexibility index (Phi) is 9.07. The lowest BCUT2D eigenvalue weighted by Crippen LogP contribution is -2.38. The molecule has 3 aliphatic heterocycles. The molecular weight excluding hydrogens is 508 g/mol. The van der Waals surface area contributed by atoms with E-state index in [0.717, 1.165) is 62.2 Å². The van der Waals surface area contributed by atoms with Gasteiger partial charge in [-0.2, -0.15) is 0 Å². The quantitative estimate of drug-likeness (QED) is 0.188. The number of aliphatic hydroxyl groups is 1. The number of Topliss-reactive ketones (excluding diaryl/α,β-unsaturated/α-hetero) is 1. The summed E-state index contributed by atoms with van der Waals surface area (Å²) in [5, 5.41) is 11.5. The van der Waals surface area contributed by atoms with Gasteiger partial charge in [-0.05, 0) is 61.2 Å². The summed E-state index contributed by atoms with van der Waals surface area (Å²) in [7, 11) is 0. The highest BCUT2D eigenvalue weighted by molar-refractivity contribution is 6.46. The topological polar surface area (TPSA) is 88.5 Å². The second kappa shape index (κ2) is 12.9. The van der Waals surface area contributed by atoms with E-state index in [1.165, 1.54) is 0 Å². The minimum Gasteiger partial charge on any atom is -0.507 e. The number of unbranched alkanes of at least 4 members (excludes halogenated alkanes) is 2. The first kappa shape index (κ1) is 28.2. The third-order valence-corrected chi connectivity index (χ3v) is 7.88. The van der Waals surface area contributed by atoms with Crippen LogP contribution in [0.4, 0.5) is 0 Å². The zero-order chi connectivity index (χ0) is 28.1. The molecular formula is C32H40N2O6.